The first kappa shape index (κ1) is 12.7. The highest BCUT2D eigenvalue weighted by molar-refractivity contribution is 5.53. The van der Waals surface area contributed by atoms with Crippen LogP contribution in [0.4, 0.5) is 0 Å². The zero-order valence-electron chi connectivity index (χ0n) is 10.6. The van der Waals surface area contributed by atoms with E-state index in [-0.39, 0.29) is 6.61 Å². The van der Waals surface area contributed by atoms with Crippen LogP contribution in [0.25, 0.3) is 11.5 Å². The highest BCUT2D eigenvalue weighted by Crippen LogP contribution is 2.18. The Labute approximate surface area is 106 Å². The summed E-state index contributed by atoms with van der Waals surface area (Å²) in [5.74, 6) is 1.16. The molecule has 0 atom stereocenters. The van der Waals surface area contributed by atoms with E-state index in [9.17, 15) is 0 Å². The highest BCUT2D eigenvalue weighted by atomic mass is 16.5. The third kappa shape index (κ3) is 3.15. The van der Waals surface area contributed by atoms with Gasteiger partial charge < -0.3 is 9.63 Å². The fourth-order valence-electron chi connectivity index (χ4n) is 1.70. The van der Waals surface area contributed by atoms with Gasteiger partial charge in [0.15, 0.2) is 5.82 Å². The van der Waals surface area contributed by atoms with Crippen molar-refractivity contribution in [3.8, 4) is 11.5 Å². The van der Waals surface area contributed by atoms with Gasteiger partial charge >= 0.3 is 0 Å². The normalized spacial score (nSPS) is 11.1. The SMILES string of the molecule is Cc1cccc(-c2nc(CN(C)CCO)no2)c1. The van der Waals surface area contributed by atoms with Crippen molar-refractivity contribution < 1.29 is 9.63 Å². The van der Waals surface area contributed by atoms with Gasteiger partial charge in [0.2, 0.25) is 0 Å². The lowest BCUT2D eigenvalue weighted by atomic mass is 10.1. The monoisotopic (exact) mass is 247 g/mol. The van der Waals surface area contributed by atoms with E-state index in [0.29, 0.717) is 24.8 Å². The lowest BCUT2D eigenvalue weighted by molar-refractivity contribution is 0.213. The van der Waals surface area contributed by atoms with Crippen molar-refractivity contribution in [1.29, 1.82) is 0 Å². The third-order valence-electron chi connectivity index (χ3n) is 2.63. The smallest absolute Gasteiger partial charge is 0.257 e. The van der Waals surface area contributed by atoms with E-state index in [0.717, 1.165) is 11.1 Å². The first-order valence-electron chi connectivity index (χ1n) is 5.88. The molecule has 1 N–H and O–H groups in total. The zero-order valence-corrected chi connectivity index (χ0v) is 10.6. The number of likely N-dealkylation sites (N-methyl/N-ethyl adjacent to an activating group) is 1. The fourth-order valence-corrected chi connectivity index (χ4v) is 1.70. The molecule has 2 rings (SSSR count). The van der Waals surface area contributed by atoms with Crippen molar-refractivity contribution in [2.24, 2.45) is 0 Å². The maximum absolute atomic E-state index is 8.82. The molecule has 18 heavy (non-hydrogen) atoms. The van der Waals surface area contributed by atoms with Crippen molar-refractivity contribution in [2.45, 2.75) is 13.5 Å². The van der Waals surface area contributed by atoms with Gasteiger partial charge in [-0.3, -0.25) is 4.90 Å². The molecule has 1 aromatic heterocycles. The second-order valence-electron chi connectivity index (χ2n) is 4.35. The molecule has 1 aromatic carbocycles. The second kappa shape index (κ2) is 5.75. The number of rotatable bonds is 5. The number of benzene rings is 1. The Kier molecular flexibility index (Phi) is 4.07. The van der Waals surface area contributed by atoms with Crippen LogP contribution in [0, 0.1) is 6.92 Å². The van der Waals surface area contributed by atoms with Crippen LogP contribution in [0.5, 0.6) is 0 Å². The van der Waals surface area contributed by atoms with Crippen LogP contribution >= 0.6 is 0 Å². The Bertz CT molecular complexity index is 510. The number of hydrogen-bond acceptors (Lipinski definition) is 5. The van der Waals surface area contributed by atoms with Crippen molar-refractivity contribution in [3.05, 3.63) is 35.7 Å². The first-order chi connectivity index (χ1) is 8.69. The zero-order chi connectivity index (χ0) is 13.0. The number of nitrogens with zero attached hydrogens (tertiary/aromatic N) is 3. The molecule has 0 aliphatic heterocycles. The van der Waals surface area contributed by atoms with E-state index >= 15 is 0 Å². The van der Waals surface area contributed by atoms with Crippen molar-refractivity contribution in [1.82, 2.24) is 15.0 Å². The molecular formula is C13H17N3O2. The molecule has 1 heterocycles. The van der Waals surface area contributed by atoms with Crippen LogP contribution < -0.4 is 0 Å². The first-order valence-corrected chi connectivity index (χ1v) is 5.88. The lowest BCUT2D eigenvalue weighted by Crippen LogP contribution is -2.22. The molecule has 96 valence electrons. The van der Waals surface area contributed by atoms with Crippen molar-refractivity contribution >= 4 is 0 Å². The molecule has 0 bridgehead atoms. The van der Waals surface area contributed by atoms with E-state index in [1.54, 1.807) is 0 Å². The highest BCUT2D eigenvalue weighted by Gasteiger charge is 2.10. The molecule has 0 saturated heterocycles. The maximum Gasteiger partial charge on any atom is 0.257 e. The van der Waals surface area contributed by atoms with Gasteiger partial charge in [0, 0.05) is 12.1 Å². The molecule has 0 saturated carbocycles. The van der Waals surface area contributed by atoms with Gasteiger partial charge in [-0.2, -0.15) is 4.98 Å². The summed E-state index contributed by atoms with van der Waals surface area (Å²) in [7, 11) is 1.90. The second-order valence-corrected chi connectivity index (χ2v) is 4.35. The molecule has 5 heteroatoms. The molecule has 0 unspecified atom stereocenters. The van der Waals surface area contributed by atoms with Gasteiger partial charge in [-0.1, -0.05) is 22.9 Å². The Morgan fingerprint density at radius 1 is 1.39 bits per heavy atom. The predicted octanol–water partition coefficient (Wildman–Crippen LogP) is 1.47. The minimum absolute atomic E-state index is 0.124. The predicted molar refractivity (Wildman–Crippen MR) is 67.9 cm³/mol. The topological polar surface area (TPSA) is 62.4 Å². The van der Waals surface area contributed by atoms with E-state index in [2.05, 4.69) is 10.1 Å². The Morgan fingerprint density at radius 2 is 2.22 bits per heavy atom. The van der Waals surface area contributed by atoms with Crippen LogP contribution in [-0.2, 0) is 6.54 Å². The molecule has 0 fully saturated rings. The number of aliphatic hydroxyl groups excluding tert-OH is 1. The van der Waals surface area contributed by atoms with E-state index in [1.165, 1.54) is 0 Å². The Balaban J connectivity index is 2.10. The number of aryl methyl sites for hydroxylation is 1. The number of aromatic nitrogens is 2. The summed E-state index contributed by atoms with van der Waals surface area (Å²) in [6.45, 7) is 3.30. The largest absolute Gasteiger partial charge is 0.395 e. The average molecular weight is 247 g/mol. The van der Waals surface area contributed by atoms with Gasteiger partial charge in [-0.25, -0.2) is 0 Å². The quantitative estimate of drug-likeness (QED) is 0.866. The maximum atomic E-state index is 8.82. The summed E-state index contributed by atoms with van der Waals surface area (Å²) in [6, 6.07) is 7.94. The van der Waals surface area contributed by atoms with Gasteiger partial charge in [-0.05, 0) is 26.1 Å². The molecule has 5 nitrogen and oxygen atoms in total. The summed E-state index contributed by atoms with van der Waals surface area (Å²) < 4.78 is 5.23. The molecule has 0 aliphatic rings. The number of aliphatic hydroxyl groups is 1. The molecule has 0 amide bonds. The van der Waals surface area contributed by atoms with Crippen molar-refractivity contribution in [2.75, 3.05) is 20.2 Å². The van der Waals surface area contributed by atoms with Gasteiger partial charge in [0.1, 0.15) is 0 Å². The minimum atomic E-state index is 0.124. The summed E-state index contributed by atoms with van der Waals surface area (Å²) in [4.78, 5) is 6.28. The van der Waals surface area contributed by atoms with Crippen LogP contribution in [-0.4, -0.2) is 40.3 Å². The summed E-state index contributed by atoms with van der Waals surface area (Å²) in [5.41, 5.74) is 2.09. The van der Waals surface area contributed by atoms with Crippen molar-refractivity contribution in [3.63, 3.8) is 0 Å². The fraction of sp³-hybridized carbons (Fsp3) is 0.385. The van der Waals surface area contributed by atoms with Crippen LogP contribution in [0.1, 0.15) is 11.4 Å². The van der Waals surface area contributed by atoms with Gasteiger partial charge in [-0.15, -0.1) is 0 Å². The molecule has 0 spiro atoms. The summed E-state index contributed by atoms with van der Waals surface area (Å²) >= 11 is 0. The molecule has 0 radical (unpaired) electrons. The van der Waals surface area contributed by atoms with E-state index < -0.39 is 0 Å². The van der Waals surface area contributed by atoms with Crippen LogP contribution in [0.3, 0.4) is 0 Å². The van der Waals surface area contributed by atoms with Crippen LogP contribution in [0.2, 0.25) is 0 Å². The molecular weight excluding hydrogens is 230 g/mol. The average Bonchev–Trinajstić information content (AvgIpc) is 2.78. The number of hydrogen-bond donors (Lipinski definition) is 1. The Hall–Kier alpha value is -1.72. The molecule has 2 aromatic rings. The van der Waals surface area contributed by atoms with E-state index in [4.69, 9.17) is 9.63 Å². The summed E-state index contributed by atoms with van der Waals surface area (Å²) in [5, 5.41) is 12.8. The van der Waals surface area contributed by atoms with Crippen LogP contribution in [0.15, 0.2) is 28.8 Å². The standard InChI is InChI=1S/C13H17N3O2/c1-10-4-3-5-11(8-10)13-14-12(15-18-13)9-16(2)6-7-17/h3-5,8,17H,6-7,9H2,1-2H3. The minimum Gasteiger partial charge on any atom is -0.395 e. The third-order valence-corrected chi connectivity index (χ3v) is 2.63. The summed E-state index contributed by atoms with van der Waals surface area (Å²) in [6.07, 6.45) is 0. The lowest BCUT2D eigenvalue weighted by Gasteiger charge is -2.11. The van der Waals surface area contributed by atoms with E-state index in [1.807, 2.05) is 43.1 Å². The van der Waals surface area contributed by atoms with Gasteiger partial charge in [0.05, 0.1) is 13.2 Å². The Morgan fingerprint density at radius 3 is 2.94 bits per heavy atom. The molecule has 0 aliphatic carbocycles. The van der Waals surface area contributed by atoms with Gasteiger partial charge in [0.25, 0.3) is 5.89 Å².